The Kier molecular flexibility index (Phi) is 8.06. The summed E-state index contributed by atoms with van der Waals surface area (Å²) in [5, 5.41) is 23.3. The summed E-state index contributed by atoms with van der Waals surface area (Å²) in [6, 6.07) is 15.2. The lowest BCUT2D eigenvalue weighted by molar-refractivity contribution is -0.147. The van der Waals surface area contributed by atoms with E-state index in [0.717, 1.165) is 22.3 Å². The number of benzene rings is 2. The highest BCUT2D eigenvalue weighted by Gasteiger charge is 2.31. The van der Waals surface area contributed by atoms with Gasteiger partial charge in [0.2, 0.25) is 5.91 Å². The number of carbonyl (C=O) groups excluding carboxylic acids is 2. The van der Waals surface area contributed by atoms with Crippen molar-refractivity contribution in [2.45, 2.75) is 44.8 Å². The molecule has 0 aromatic heterocycles. The summed E-state index contributed by atoms with van der Waals surface area (Å²) >= 11 is 0. The predicted molar refractivity (Wildman–Crippen MR) is 123 cm³/mol. The number of hydrogen-bond acceptors (Lipinski definition) is 5. The third-order valence-corrected chi connectivity index (χ3v) is 6.11. The monoisotopic (exact) mass is 454 g/mol. The molecular formula is C25H30N2O6. The van der Waals surface area contributed by atoms with Crippen molar-refractivity contribution < 1.29 is 29.3 Å². The average molecular weight is 455 g/mol. The fourth-order valence-electron chi connectivity index (χ4n) is 4.03. The molecule has 0 saturated heterocycles. The van der Waals surface area contributed by atoms with E-state index in [9.17, 15) is 19.5 Å². The van der Waals surface area contributed by atoms with Gasteiger partial charge in [0.05, 0.1) is 0 Å². The van der Waals surface area contributed by atoms with Gasteiger partial charge in [-0.05, 0) is 28.2 Å². The van der Waals surface area contributed by atoms with Gasteiger partial charge in [-0.25, -0.2) is 9.59 Å². The quantitative estimate of drug-likeness (QED) is 0.438. The van der Waals surface area contributed by atoms with Crippen LogP contribution in [0.2, 0.25) is 0 Å². The molecule has 176 valence electrons. The van der Waals surface area contributed by atoms with Crippen molar-refractivity contribution in [1.29, 1.82) is 0 Å². The van der Waals surface area contributed by atoms with Gasteiger partial charge in [0.25, 0.3) is 0 Å². The molecule has 1 aliphatic carbocycles. The first kappa shape index (κ1) is 24.3. The van der Waals surface area contributed by atoms with Crippen LogP contribution in [0.4, 0.5) is 4.79 Å². The SMILES string of the molecule is CC[C@H](C)[C@H](NC(=O)OCC1c2ccccc2-c2ccccc21)C(=O)NCC[C@H](O)C(=O)O. The Morgan fingerprint density at radius 1 is 1.03 bits per heavy atom. The van der Waals surface area contributed by atoms with Crippen LogP contribution in [0.3, 0.4) is 0 Å². The number of aliphatic hydroxyl groups is 1. The number of rotatable bonds is 10. The molecule has 0 bridgehead atoms. The minimum absolute atomic E-state index is 0.0222. The van der Waals surface area contributed by atoms with Crippen LogP contribution in [0, 0.1) is 5.92 Å². The van der Waals surface area contributed by atoms with Crippen LogP contribution in [0.1, 0.15) is 43.7 Å². The van der Waals surface area contributed by atoms with Gasteiger partial charge in [-0.2, -0.15) is 0 Å². The maximum atomic E-state index is 12.6. The van der Waals surface area contributed by atoms with Gasteiger partial charge in [0, 0.05) is 18.9 Å². The van der Waals surface area contributed by atoms with Gasteiger partial charge < -0.3 is 25.6 Å². The lowest BCUT2D eigenvalue weighted by Gasteiger charge is -2.24. The summed E-state index contributed by atoms with van der Waals surface area (Å²) in [5.41, 5.74) is 4.45. The molecule has 8 nitrogen and oxygen atoms in total. The van der Waals surface area contributed by atoms with E-state index in [0.29, 0.717) is 6.42 Å². The molecule has 0 spiro atoms. The number of carboxylic acid groups (broad SMARTS) is 1. The molecule has 2 amide bonds. The summed E-state index contributed by atoms with van der Waals surface area (Å²) < 4.78 is 5.54. The zero-order valence-corrected chi connectivity index (χ0v) is 18.8. The van der Waals surface area contributed by atoms with Crippen molar-refractivity contribution in [3.05, 3.63) is 59.7 Å². The fourth-order valence-corrected chi connectivity index (χ4v) is 4.03. The van der Waals surface area contributed by atoms with E-state index in [-0.39, 0.29) is 31.4 Å². The lowest BCUT2D eigenvalue weighted by Crippen LogP contribution is -2.51. The van der Waals surface area contributed by atoms with Gasteiger partial charge in [0.1, 0.15) is 12.6 Å². The summed E-state index contributed by atoms with van der Waals surface area (Å²) in [6.45, 7) is 3.85. The molecule has 33 heavy (non-hydrogen) atoms. The van der Waals surface area contributed by atoms with Crippen LogP contribution in [-0.2, 0) is 14.3 Å². The van der Waals surface area contributed by atoms with Crippen molar-refractivity contribution >= 4 is 18.0 Å². The minimum atomic E-state index is -1.55. The van der Waals surface area contributed by atoms with Gasteiger partial charge in [-0.1, -0.05) is 68.8 Å². The topological polar surface area (TPSA) is 125 Å². The molecule has 2 aromatic carbocycles. The molecule has 3 rings (SSSR count). The number of amides is 2. The molecule has 0 heterocycles. The van der Waals surface area contributed by atoms with E-state index >= 15 is 0 Å². The molecule has 0 fully saturated rings. The van der Waals surface area contributed by atoms with Gasteiger partial charge in [-0.15, -0.1) is 0 Å². The first-order chi connectivity index (χ1) is 15.8. The standard InChI is InChI=1S/C25H30N2O6/c1-3-15(2)22(23(29)26-13-12-21(28)24(30)31)27-25(32)33-14-20-18-10-6-4-8-16(18)17-9-5-7-11-19(17)20/h4-11,15,20-22,28H,3,12-14H2,1-2H3,(H,26,29)(H,27,32)(H,30,31)/t15-,21-,22-/m0/s1. The average Bonchev–Trinajstić information content (AvgIpc) is 3.14. The van der Waals surface area contributed by atoms with Crippen LogP contribution in [0.25, 0.3) is 11.1 Å². The Morgan fingerprint density at radius 3 is 2.15 bits per heavy atom. The number of hydrogen-bond donors (Lipinski definition) is 4. The van der Waals surface area contributed by atoms with Crippen molar-refractivity contribution in [2.75, 3.05) is 13.2 Å². The Morgan fingerprint density at radius 2 is 1.61 bits per heavy atom. The summed E-state index contributed by atoms with van der Waals surface area (Å²) in [7, 11) is 0. The van der Waals surface area contributed by atoms with Crippen LogP contribution in [-0.4, -0.2) is 53.5 Å². The zero-order valence-electron chi connectivity index (χ0n) is 18.8. The second-order valence-electron chi connectivity index (χ2n) is 8.27. The number of aliphatic carboxylic acids is 1. The van der Waals surface area contributed by atoms with Gasteiger partial charge in [0.15, 0.2) is 6.10 Å². The molecule has 0 aliphatic heterocycles. The third-order valence-electron chi connectivity index (χ3n) is 6.11. The van der Waals surface area contributed by atoms with Crippen LogP contribution in [0.5, 0.6) is 0 Å². The van der Waals surface area contributed by atoms with E-state index in [1.165, 1.54) is 0 Å². The summed E-state index contributed by atoms with van der Waals surface area (Å²) in [6.07, 6.45) is -1.73. The Bertz CT molecular complexity index is 962. The normalized spacial score (nSPS) is 15.0. The molecule has 0 unspecified atom stereocenters. The van der Waals surface area contributed by atoms with Crippen molar-refractivity contribution in [3.63, 3.8) is 0 Å². The Hall–Kier alpha value is -3.39. The third kappa shape index (κ3) is 5.70. The summed E-state index contributed by atoms with van der Waals surface area (Å²) in [4.78, 5) is 35.9. The van der Waals surface area contributed by atoms with Crippen LogP contribution >= 0.6 is 0 Å². The van der Waals surface area contributed by atoms with E-state index in [1.54, 1.807) is 0 Å². The first-order valence-electron chi connectivity index (χ1n) is 11.1. The highest BCUT2D eigenvalue weighted by molar-refractivity contribution is 5.86. The van der Waals surface area contributed by atoms with E-state index in [1.807, 2.05) is 50.2 Å². The number of carbonyl (C=O) groups is 3. The fraction of sp³-hybridized carbons (Fsp3) is 0.400. The highest BCUT2D eigenvalue weighted by atomic mass is 16.5. The molecule has 3 atom stereocenters. The van der Waals surface area contributed by atoms with E-state index in [2.05, 4.69) is 22.8 Å². The summed E-state index contributed by atoms with van der Waals surface area (Å²) in [5.74, 6) is -2.05. The van der Waals surface area contributed by atoms with Gasteiger partial charge in [-0.3, -0.25) is 4.79 Å². The van der Waals surface area contributed by atoms with Gasteiger partial charge >= 0.3 is 12.1 Å². The highest BCUT2D eigenvalue weighted by Crippen LogP contribution is 2.44. The van der Waals surface area contributed by atoms with Crippen LogP contribution < -0.4 is 10.6 Å². The lowest BCUT2D eigenvalue weighted by atomic mass is 9.98. The number of nitrogens with one attached hydrogen (secondary N) is 2. The number of ether oxygens (including phenoxy) is 1. The molecule has 4 N–H and O–H groups in total. The van der Waals surface area contributed by atoms with E-state index in [4.69, 9.17) is 9.84 Å². The van der Waals surface area contributed by atoms with Crippen molar-refractivity contribution in [1.82, 2.24) is 10.6 Å². The molecular weight excluding hydrogens is 424 g/mol. The predicted octanol–water partition coefficient (Wildman–Crippen LogP) is 2.89. The number of aliphatic hydroxyl groups excluding tert-OH is 1. The Labute approximate surface area is 193 Å². The second kappa shape index (κ2) is 11.0. The maximum absolute atomic E-state index is 12.6. The van der Waals surface area contributed by atoms with Crippen molar-refractivity contribution in [3.8, 4) is 11.1 Å². The second-order valence-corrected chi connectivity index (χ2v) is 8.27. The Balaban J connectivity index is 1.61. The zero-order chi connectivity index (χ0) is 24.0. The molecule has 0 radical (unpaired) electrons. The smallest absolute Gasteiger partial charge is 0.407 e. The number of alkyl carbamates (subject to hydrolysis) is 1. The van der Waals surface area contributed by atoms with Crippen molar-refractivity contribution in [2.24, 2.45) is 5.92 Å². The van der Waals surface area contributed by atoms with E-state index < -0.39 is 30.1 Å². The van der Waals surface area contributed by atoms with Crippen LogP contribution in [0.15, 0.2) is 48.5 Å². The maximum Gasteiger partial charge on any atom is 0.407 e. The number of carboxylic acids is 1. The molecule has 0 saturated carbocycles. The minimum Gasteiger partial charge on any atom is -0.479 e. The molecule has 2 aromatic rings. The molecule has 1 aliphatic rings. The first-order valence-corrected chi connectivity index (χ1v) is 11.1. The molecule has 8 heteroatoms. The largest absolute Gasteiger partial charge is 0.479 e. The number of fused-ring (bicyclic) bond motifs is 3.